The van der Waals surface area contributed by atoms with Crippen LogP contribution < -0.4 is 0 Å². The van der Waals surface area contributed by atoms with Crippen molar-refractivity contribution in [3.05, 3.63) is 199 Å². The molecule has 2 aliphatic rings. The largest absolute Gasteiger partial charge is 0.355 e. The number of nitrogens with zero attached hydrogens (tertiary/aromatic N) is 3. The molecule has 0 radical (unpaired) electrons. The third-order valence-corrected chi connectivity index (χ3v) is 10.4. The summed E-state index contributed by atoms with van der Waals surface area (Å²) in [5.74, 6) is 0. The van der Waals surface area contributed by atoms with Gasteiger partial charge in [-0.2, -0.15) is 0 Å². The van der Waals surface area contributed by atoms with Crippen LogP contribution in [0.15, 0.2) is 154 Å². The normalized spacial score (nSPS) is 11.7. The van der Waals surface area contributed by atoms with E-state index in [1.54, 1.807) is 0 Å². The van der Waals surface area contributed by atoms with E-state index in [0.717, 1.165) is 106 Å². The molecule has 8 bridgehead atoms. The van der Waals surface area contributed by atoms with Gasteiger partial charge in [-0.05, 0) is 99.6 Å². The van der Waals surface area contributed by atoms with Gasteiger partial charge in [0.25, 0.3) is 0 Å². The number of aromatic amines is 1. The quantitative estimate of drug-likeness (QED) is 0.170. The highest BCUT2D eigenvalue weighted by Gasteiger charge is 2.28. The summed E-state index contributed by atoms with van der Waals surface area (Å²) in [5, 5.41) is 0. The van der Waals surface area contributed by atoms with Crippen LogP contribution in [-0.4, -0.2) is 19.5 Å². The maximum absolute atomic E-state index is 5.39. The number of benzene rings is 4. The molecule has 4 nitrogen and oxygen atoms in total. The van der Waals surface area contributed by atoms with Crippen molar-refractivity contribution in [2.75, 3.05) is 0 Å². The Hall–Kier alpha value is -7.56. The minimum atomic E-state index is 0.825. The molecular formula is C52H38N4. The van der Waals surface area contributed by atoms with Gasteiger partial charge in [-0.15, -0.1) is 0 Å². The van der Waals surface area contributed by atoms with Gasteiger partial charge in [-0.25, -0.2) is 9.97 Å². The topological polar surface area (TPSA) is 46.5 Å². The highest BCUT2D eigenvalue weighted by atomic mass is 15.0. The van der Waals surface area contributed by atoms with Crippen LogP contribution in [0.3, 0.4) is 0 Å². The maximum atomic E-state index is 5.39. The predicted molar refractivity (Wildman–Crippen MR) is 241 cm³/mol. The number of aromatic nitrogens is 4. The Bertz CT molecular complexity index is 3000. The molecule has 0 amide bonds. The van der Waals surface area contributed by atoms with Gasteiger partial charge in [-0.1, -0.05) is 142 Å². The van der Waals surface area contributed by atoms with E-state index >= 15 is 0 Å². The van der Waals surface area contributed by atoms with Gasteiger partial charge < -0.3 is 9.55 Å². The summed E-state index contributed by atoms with van der Waals surface area (Å²) in [6.45, 7) is 17.2. The minimum absolute atomic E-state index is 0.825. The van der Waals surface area contributed by atoms with Crippen molar-refractivity contribution in [2.45, 2.75) is 0 Å². The number of nitrogens with one attached hydrogen (secondary N) is 1. The molecule has 0 fully saturated rings. The summed E-state index contributed by atoms with van der Waals surface area (Å²) in [4.78, 5) is 14.1. The fourth-order valence-corrected chi connectivity index (χ4v) is 7.92. The standard InChI is InChI=1S/C52H38N4/c1-5-34-17-9-13-21-43(34)49-46-30-29-41(55-46)32-40-26-25-38(53-40)31-39-27-28-42(54-39)33-48-50(44-22-14-10-18-35(44)6-2)51(45-23-15-11-19-36(45)7-3)52(49)56(48)47-24-16-12-20-37(47)8-4/h5-33,53H,1-4H2. The molecule has 4 aromatic carbocycles. The Labute approximate surface area is 326 Å². The van der Waals surface area contributed by atoms with Crippen LogP contribution in [0.25, 0.3) is 110 Å². The number of hydrogen-bond acceptors (Lipinski definition) is 2. The first kappa shape index (κ1) is 34.2. The molecule has 1 N–H and O–H groups in total. The number of H-pyrrole nitrogens is 1. The lowest BCUT2D eigenvalue weighted by Gasteiger charge is -2.17. The van der Waals surface area contributed by atoms with Gasteiger partial charge in [0.1, 0.15) is 0 Å². The van der Waals surface area contributed by atoms with Crippen LogP contribution in [0, 0.1) is 0 Å². The SMILES string of the molecule is C=Cc1ccccc1-c1c(-c2ccccc2C=C)c2c(-c3ccccc3C=C)c3nc(cc4ccc(cc5nc(cc1n2-c1ccccc1C=C)C=C5)[nH]4)C=C3. The molecule has 0 saturated carbocycles. The summed E-state index contributed by atoms with van der Waals surface area (Å²) in [6.07, 6.45) is 16.1. The van der Waals surface area contributed by atoms with Gasteiger partial charge in [-0.3, -0.25) is 0 Å². The molecule has 56 heavy (non-hydrogen) atoms. The number of hydrogen-bond donors (Lipinski definition) is 1. The van der Waals surface area contributed by atoms with Crippen LogP contribution >= 0.6 is 0 Å². The highest BCUT2D eigenvalue weighted by molar-refractivity contribution is 6.13. The second kappa shape index (κ2) is 14.3. The van der Waals surface area contributed by atoms with Gasteiger partial charge in [0.2, 0.25) is 0 Å². The molecule has 0 atom stereocenters. The predicted octanol–water partition coefficient (Wildman–Crippen LogP) is 13.7. The van der Waals surface area contributed by atoms with Crippen molar-refractivity contribution in [1.82, 2.24) is 19.5 Å². The first-order chi connectivity index (χ1) is 27.6. The smallest absolute Gasteiger partial charge is 0.0737 e. The van der Waals surface area contributed by atoms with Crippen molar-refractivity contribution >= 4 is 70.7 Å². The van der Waals surface area contributed by atoms with E-state index in [1.165, 1.54) is 0 Å². The maximum Gasteiger partial charge on any atom is 0.0737 e. The Kier molecular flexibility index (Phi) is 8.77. The van der Waals surface area contributed by atoms with E-state index in [2.05, 4.69) is 188 Å². The van der Waals surface area contributed by atoms with Gasteiger partial charge in [0, 0.05) is 27.7 Å². The summed E-state index contributed by atoms with van der Waals surface area (Å²) in [5.41, 5.74) is 18.2. The molecule has 266 valence electrons. The lowest BCUT2D eigenvalue weighted by atomic mass is 9.88. The monoisotopic (exact) mass is 718 g/mol. The van der Waals surface area contributed by atoms with Crippen LogP contribution in [-0.2, 0) is 0 Å². The van der Waals surface area contributed by atoms with E-state index < -0.39 is 0 Å². The Morgan fingerprint density at radius 3 is 1.50 bits per heavy atom. The molecule has 0 unspecified atom stereocenters. The zero-order valence-electron chi connectivity index (χ0n) is 30.9. The first-order valence-electron chi connectivity index (χ1n) is 18.6. The average molecular weight is 719 g/mol. The summed E-state index contributed by atoms with van der Waals surface area (Å²) in [7, 11) is 0. The van der Waals surface area contributed by atoms with Crippen molar-refractivity contribution < 1.29 is 0 Å². The zero-order valence-corrected chi connectivity index (χ0v) is 30.9. The lowest BCUT2D eigenvalue weighted by Crippen LogP contribution is -2.00. The summed E-state index contributed by atoms with van der Waals surface area (Å²) < 4.78 is 2.38. The van der Waals surface area contributed by atoms with Gasteiger partial charge in [0.15, 0.2) is 0 Å². The average Bonchev–Trinajstić information content (AvgIpc) is 4.06. The molecule has 2 aliphatic heterocycles. The molecule has 4 heteroatoms. The fraction of sp³-hybridized carbons (Fsp3) is 0. The van der Waals surface area contributed by atoms with Crippen molar-refractivity contribution in [3.63, 3.8) is 0 Å². The van der Waals surface area contributed by atoms with Crippen LogP contribution in [0.5, 0.6) is 0 Å². The second-order valence-corrected chi connectivity index (χ2v) is 13.7. The number of fused-ring (bicyclic) bond motifs is 8. The molecular weight excluding hydrogens is 681 g/mol. The fourth-order valence-electron chi connectivity index (χ4n) is 7.92. The second-order valence-electron chi connectivity index (χ2n) is 13.7. The molecule has 3 aromatic heterocycles. The Morgan fingerprint density at radius 2 is 0.911 bits per heavy atom. The van der Waals surface area contributed by atoms with E-state index in [1.807, 2.05) is 24.3 Å². The highest BCUT2D eigenvalue weighted by Crippen LogP contribution is 2.49. The van der Waals surface area contributed by atoms with Crippen molar-refractivity contribution in [3.8, 4) is 39.1 Å². The first-order valence-corrected chi connectivity index (χ1v) is 18.6. The van der Waals surface area contributed by atoms with Crippen molar-refractivity contribution in [1.29, 1.82) is 0 Å². The molecule has 0 spiro atoms. The Morgan fingerprint density at radius 1 is 0.446 bits per heavy atom. The molecule has 5 heterocycles. The van der Waals surface area contributed by atoms with E-state index in [9.17, 15) is 0 Å². The van der Waals surface area contributed by atoms with Crippen LogP contribution in [0.4, 0.5) is 0 Å². The van der Waals surface area contributed by atoms with Crippen LogP contribution in [0.2, 0.25) is 0 Å². The van der Waals surface area contributed by atoms with E-state index in [4.69, 9.17) is 9.97 Å². The lowest BCUT2D eigenvalue weighted by molar-refractivity contribution is 1.16. The third-order valence-electron chi connectivity index (χ3n) is 10.4. The van der Waals surface area contributed by atoms with Crippen molar-refractivity contribution in [2.24, 2.45) is 0 Å². The molecule has 7 aromatic rings. The molecule has 0 aliphatic carbocycles. The third kappa shape index (κ3) is 5.90. The van der Waals surface area contributed by atoms with E-state index in [-0.39, 0.29) is 0 Å². The van der Waals surface area contributed by atoms with Gasteiger partial charge >= 0.3 is 0 Å². The summed E-state index contributed by atoms with van der Waals surface area (Å²) >= 11 is 0. The minimum Gasteiger partial charge on any atom is -0.355 e. The molecule has 9 rings (SSSR count). The number of rotatable bonds is 8. The Balaban J connectivity index is 1.69. The zero-order chi connectivity index (χ0) is 38.2. The molecule has 0 saturated heterocycles. The van der Waals surface area contributed by atoms with E-state index in [0.29, 0.717) is 0 Å². The number of para-hydroxylation sites is 1. The van der Waals surface area contributed by atoms with Gasteiger partial charge in [0.05, 0.1) is 39.5 Å². The summed E-state index contributed by atoms with van der Waals surface area (Å²) in [6, 6.07) is 44.3. The van der Waals surface area contributed by atoms with Crippen LogP contribution in [0.1, 0.15) is 45.0 Å².